The van der Waals surface area contributed by atoms with Gasteiger partial charge in [0.05, 0.1) is 5.92 Å². The molecule has 1 aromatic carbocycles. The fourth-order valence-corrected chi connectivity index (χ4v) is 2.74. The summed E-state index contributed by atoms with van der Waals surface area (Å²) in [4.78, 5) is 0. The van der Waals surface area contributed by atoms with Gasteiger partial charge >= 0.3 is 6.18 Å². The van der Waals surface area contributed by atoms with E-state index in [2.05, 4.69) is 5.32 Å². The maximum absolute atomic E-state index is 12.7. The third kappa shape index (κ3) is 3.96. The maximum Gasteiger partial charge on any atom is 0.391 e. The molecule has 2 unspecified atom stereocenters. The molecule has 4 heteroatoms. The van der Waals surface area contributed by atoms with Crippen molar-refractivity contribution < 1.29 is 13.2 Å². The van der Waals surface area contributed by atoms with Crippen LogP contribution in [0.4, 0.5) is 13.2 Å². The quantitative estimate of drug-likeness (QED) is 0.868. The number of aryl methyl sites for hydroxylation is 1. The standard InChI is InChI=1S/C15H20F3N/c1-11-5-2-3-6-12(11)10-19-14-8-4-7-13(9-14)15(16,17)18/h2-3,5-6,13-14,19H,4,7-10H2,1H3. The molecular formula is C15H20F3N. The Bertz CT molecular complexity index is 414. The molecule has 1 fully saturated rings. The summed E-state index contributed by atoms with van der Waals surface area (Å²) in [7, 11) is 0. The minimum atomic E-state index is -4.04. The van der Waals surface area contributed by atoms with Crippen LogP contribution in [-0.4, -0.2) is 12.2 Å². The molecule has 0 amide bonds. The Morgan fingerprint density at radius 3 is 2.63 bits per heavy atom. The van der Waals surface area contributed by atoms with E-state index in [9.17, 15) is 13.2 Å². The summed E-state index contributed by atoms with van der Waals surface area (Å²) in [6.07, 6.45) is -2.03. The van der Waals surface area contributed by atoms with Crippen molar-refractivity contribution in [1.29, 1.82) is 0 Å². The van der Waals surface area contributed by atoms with Gasteiger partial charge in [-0.25, -0.2) is 0 Å². The molecule has 1 aliphatic carbocycles. The van der Waals surface area contributed by atoms with Crippen LogP contribution in [0.15, 0.2) is 24.3 Å². The van der Waals surface area contributed by atoms with Crippen molar-refractivity contribution in [3.63, 3.8) is 0 Å². The van der Waals surface area contributed by atoms with E-state index in [4.69, 9.17) is 0 Å². The number of alkyl halides is 3. The fraction of sp³-hybridized carbons (Fsp3) is 0.600. The second-order valence-corrected chi connectivity index (χ2v) is 5.41. The van der Waals surface area contributed by atoms with Gasteiger partial charge < -0.3 is 5.32 Å². The third-order valence-corrected chi connectivity index (χ3v) is 3.98. The second kappa shape index (κ2) is 5.95. The Balaban J connectivity index is 1.88. The molecule has 1 aromatic rings. The van der Waals surface area contributed by atoms with Gasteiger partial charge in [-0.05, 0) is 37.3 Å². The van der Waals surface area contributed by atoms with Gasteiger partial charge in [0.25, 0.3) is 0 Å². The average Bonchev–Trinajstić information content (AvgIpc) is 2.37. The van der Waals surface area contributed by atoms with Crippen molar-refractivity contribution in [2.75, 3.05) is 0 Å². The van der Waals surface area contributed by atoms with Gasteiger partial charge in [0, 0.05) is 12.6 Å². The molecule has 0 aromatic heterocycles. The van der Waals surface area contributed by atoms with Crippen LogP contribution in [0.1, 0.15) is 36.8 Å². The first-order chi connectivity index (χ1) is 8.97. The summed E-state index contributed by atoms with van der Waals surface area (Å²) >= 11 is 0. The molecule has 0 saturated heterocycles. The topological polar surface area (TPSA) is 12.0 Å². The molecule has 1 saturated carbocycles. The lowest BCUT2D eigenvalue weighted by Crippen LogP contribution is -2.38. The smallest absolute Gasteiger partial charge is 0.310 e. The first-order valence-electron chi connectivity index (χ1n) is 6.81. The van der Waals surface area contributed by atoms with Crippen LogP contribution in [0.25, 0.3) is 0 Å². The van der Waals surface area contributed by atoms with Crippen LogP contribution in [0.5, 0.6) is 0 Å². The first-order valence-corrected chi connectivity index (χ1v) is 6.81. The Labute approximate surface area is 112 Å². The molecule has 0 bridgehead atoms. The predicted octanol–water partition coefficient (Wildman–Crippen LogP) is 4.21. The minimum absolute atomic E-state index is 0.0139. The SMILES string of the molecule is Cc1ccccc1CNC1CCCC(C(F)(F)F)C1. The number of hydrogen-bond acceptors (Lipinski definition) is 1. The summed E-state index contributed by atoms with van der Waals surface area (Å²) in [6, 6.07) is 7.96. The highest BCUT2D eigenvalue weighted by molar-refractivity contribution is 5.25. The van der Waals surface area contributed by atoms with Crippen molar-refractivity contribution in [3.8, 4) is 0 Å². The highest BCUT2D eigenvalue weighted by Crippen LogP contribution is 2.37. The Morgan fingerprint density at radius 1 is 1.21 bits per heavy atom. The Hall–Kier alpha value is -1.03. The number of nitrogens with one attached hydrogen (secondary N) is 1. The summed E-state index contributed by atoms with van der Waals surface area (Å²) in [5.74, 6) is -1.13. The first kappa shape index (κ1) is 14.4. The van der Waals surface area contributed by atoms with Crippen LogP contribution >= 0.6 is 0 Å². The molecular weight excluding hydrogens is 251 g/mol. The Kier molecular flexibility index (Phi) is 4.50. The van der Waals surface area contributed by atoms with Crippen molar-refractivity contribution in [2.24, 2.45) is 5.92 Å². The fourth-order valence-electron chi connectivity index (χ4n) is 2.74. The average molecular weight is 271 g/mol. The molecule has 106 valence electrons. The molecule has 1 aliphatic rings. The van der Waals surface area contributed by atoms with Crippen molar-refractivity contribution >= 4 is 0 Å². The van der Waals surface area contributed by atoms with Crippen LogP contribution < -0.4 is 5.32 Å². The van der Waals surface area contributed by atoms with E-state index in [1.54, 1.807) is 0 Å². The normalized spacial score (nSPS) is 24.4. The molecule has 1 nitrogen and oxygen atoms in total. The van der Waals surface area contributed by atoms with Crippen molar-refractivity contribution in [1.82, 2.24) is 5.32 Å². The highest BCUT2D eigenvalue weighted by Gasteiger charge is 2.41. The lowest BCUT2D eigenvalue weighted by atomic mass is 9.85. The molecule has 0 aliphatic heterocycles. The van der Waals surface area contributed by atoms with E-state index in [0.29, 0.717) is 13.0 Å². The van der Waals surface area contributed by atoms with Gasteiger partial charge in [-0.15, -0.1) is 0 Å². The lowest BCUT2D eigenvalue weighted by molar-refractivity contribution is -0.183. The summed E-state index contributed by atoms with van der Waals surface area (Å²) in [5.41, 5.74) is 2.34. The van der Waals surface area contributed by atoms with E-state index in [0.717, 1.165) is 12.0 Å². The van der Waals surface area contributed by atoms with Crippen LogP contribution in [0.2, 0.25) is 0 Å². The minimum Gasteiger partial charge on any atom is -0.310 e. The van der Waals surface area contributed by atoms with Gasteiger partial charge in [-0.2, -0.15) is 13.2 Å². The van der Waals surface area contributed by atoms with Gasteiger partial charge in [-0.3, -0.25) is 0 Å². The summed E-state index contributed by atoms with van der Waals surface area (Å²) in [5, 5.41) is 3.28. The molecule has 1 N–H and O–H groups in total. The number of rotatable bonds is 3. The number of halogens is 3. The zero-order valence-corrected chi connectivity index (χ0v) is 11.1. The van der Waals surface area contributed by atoms with Crippen LogP contribution in [-0.2, 0) is 6.54 Å². The molecule has 2 rings (SSSR count). The van der Waals surface area contributed by atoms with E-state index in [1.165, 1.54) is 5.56 Å². The third-order valence-electron chi connectivity index (χ3n) is 3.98. The van der Waals surface area contributed by atoms with E-state index < -0.39 is 12.1 Å². The van der Waals surface area contributed by atoms with Gasteiger partial charge in [0.15, 0.2) is 0 Å². The van der Waals surface area contributed by atoms with E-state index in [1.807, 2.05) is 31.2 Å². The number of benzene rings is 1. The zero-order chi connectivity index (χ0) is 13.9. The highest BCUT2D eigenvalue weighted by atomic mass is 19.4. The molecule has 19 heavy (non-hydrogen) atoms. The molecule has 2 atom stereocenters. The summed E-state index contributed by atoms with van der Waals surface area (Å²) in [6.45, 7) is 2.68. The summed E-state index contributed by atoms with van der Waals surface area (Å²) < 4.78 is 38.1. The largest absolute Gasteiger partial charge is 0.391 e. The van der Waals surface area contributed by atoms with E-state index >= 15 is 0 Å². The molecule has 0 radical (unpaired) electrons. The van der Waals surface area contributed by atoms with Crippen molar-refractivity contribution in [2.45, 2.75) is 51.4 Å². The zero-order valence-electron chi connectivity index (χ0n) is 11.1. The van der Waals surface area contributed by atoms with Crippen LogP contribution in [0.3, 0.4) is 0 Å². The molecule has 0 spiro atoms. The monoisotopic (exact) mass is 271 g/mol. The van der Waals surface area contributed by atoms with Gasteiger partial charge in [-0.1, -0.05) is 30.7 Å². The van der Waals surface area contributed by atoms with Crippen molar-refractivity contribution in [3.05, 3.63) is 35.4 Å². The van der Waals surface area contributed by atoms with Gasteiger partial charge in [0.1, 0.15) is 0 Å². The Morgan fingerprint density at radius 2 is 1.95 bits per heavy atom. The van der Waals surface area contributed by atoms with Gasteiger partial charge in [0.2, 0.25) is 0 Å². The molecule has 0 heterocycles. The van der Waals surface area contributed by atoms with Crippen LogP contribution in [0, 0.1) is 12.8 Å². The predicted molar refractivity (Wildman–Crippen MR) is 69.8 cm³/mol. The second-order valence-electron chi connectivity index (χ2n) is 5.41. The lowest BCUT2D eigenvalue weighted by Gasteiger charge is -2.31. The maximum atomic E-state index is 12.7. The van der Waals surface area contributed by atoms with E-state index in [-0.39, 0.29) is 18.9 Å². The number of hydrogen-bond donors (Lipinski definition) is 1.